The Bertz CT molecular complexity index is 443. The molecule has 0 fully saturated rings. The molecule has 18 heavy (non-hydrogen) atoms. The first-order valence-corrected chi connectivity index (χ1v) is 5.81. The van der Waals surface area contributed by atoms with Crippen LogP contribution in [0.4, 0.5) is 0 Å². The molecule has 0 radical (unpaired) electrons. The van der Waals surface area contributed by atoms with Crippen LogP contribution in [-0.4, -0.2) is 31.5 Å². The van der Waals surface area contributed by atoms with Crippen molar-refractivity contribution in [1.29, 1.82) is 0 Å². The molecular weight excluding hydrogens is 234 g/mol. The van der Waals surface area contributed by atoms with Crippen molar-refractivity contribution in [3.8, 4) is 5.75 Å². The molecule has 98 valence electrons. The van der Waals surface area contributed by atoms with Crippen LogP contribution in [-0.2, 0) is 4.74 Å². The third-order valence-corrected chi connectivity index (χ3v) is 2.28. The van der Waals surface area contributed by atoms with Crippen LogP contribution >= 0.6 is 0 Å². The van der Waals surface area contributed by atoms with Gasteiger partial charge in [-0.2, -0.15) is 0 Å². The van der Waals surface area contributed by atoms with Gasteiger partial charge in [-0.1, -0.05) is 0 Å². The molecule has 0 aromatic heterocycles. The average molecular weight is 251 g/mol. The zero-order valence-electron chi connectivity index (χ0n) is 10.6. The molecule has 1 aromatic rings. The van der Waals surface area contributed by atoms with Gasteiger partial charge in [-0.05, 0) is 32.0 Å². The van der Waals surface area contributed by atoms with Gasteiger partial charge >= 0.3 is 5.97 Å². The first kappa shape index (κ1) is 14.2. The zero-order valence-corrected chi connectivity index (χ0v) is 10.6. The summed E-state index contributed by atoms with van der Waals surface area (Å²) in [7, 11) is 0. The lowest BCUT2D eigenvalue weighted by Gasteiger charge is -2.10. The number of nitrogens with two attached hydrogens (primary N) is 1. The van der Waals surface area contributed by atoms with E-state index in [1.54, 1.807) is 19.1 Å². The Hall–Kier alpha value is -1.88. The zero-order chi connectivity index (χ0) is 13.5. The van der Waals surface area contributed by atoms with Crippen molar-refractivity contribution in [2.45, 2.75) is 13.8 Å². The SMILES string of the molecule is CCOC(=O)c1cc(C(=O)CN)ccc1OCC. The second-order valence-electron chi connectivity index (χ2n) is 3.49. The van der Waals surface area contributed by atoms with Crippen LogP contribution < -0.4 is 10.5 Å². The van der Waals surface area contributed by atoms with E-state index in [0.29, 0.717) is 17.9 Å². The highest BCUT2D eigenvalue weighted by atomic mass is 16.5. The molecule has 0 amide bonds. The molecule has 5 heteroatoms. The maximum atomic E-state index is 11.8. The molecule has 0 spiro atoms. The number of esters is 1. The largest absolute Gasteiger partial charge is 0.493 e. The van der Waals surface area contributed by atoms with Crippen LogP contribution in [0.2, 0.25) is 0 Å². The molecule has 1 aromatic carbocycles. The molecule has 0 atom stereocenters. The molecule has 0 saturated heterocycles. The predicted molar refractivity (Wildman–Crippen MR) is 67.0 cm³/mol. The Balaban J connectivity index is 3.14. The van der Waals surface area contributed by atoms with E-state index in [-0.39, 0.29) is 24.5 Å². The smallest absolute Gasteiger partial charge is 0.341 e. The van der Waals surface area contributed by atoms with Crippen molar-refractivity contribution in [1.82, 2.24) is 0 Å². The number of benzene rings is 1. The van der Waals surface area contributed by atoms with Crippen molar-refractivity contribution < 1.29 is 19.1 Å². The molecule has 2 N–H and O–H groups in total. The summed E-state index contributed by atoms with van der Waals surface area (Å²) in [6.45, 7) is 4.12. The maximum absolute atomic E-state index is 11.8. The number of hydrogen-bond donors (Lipinski definition) is 1. The highest BCUT2D eigenvalue weighted by Crippen LogP contribution is 2.21. The van der Waals surface area contributed by atoms with Gasteiger partial charge in [0.15, 0.2) is 5.78 Å². The summed E-state index contributed by atoms with van der Waals surface area (Å²) in [6.07, 6.45) is 0. The van der Waals surface area contributed by atoms with Gasteiger partial charge in [0.1, 0.15) is 11.3 Å². The predicted octanol–water partition coefficient (Wildman–Crippen LogP) is 1.40. The third-order valence-electron chi connectivity index (χ3n) is 2.28. The van der Waals surface area contributed by atoms with Crippen molar-refractivity contribution in [2.75, 3.05) is 19.8 Å². The van der Waals surface area contributed by atoms with Gasteiger partial charge in [0, 0.05) is 5.56 Å². The van der Waals surface area contributed by atoms with E-state index >= 15 is 0 Å². The minimum Gasteiger partial charge on any atom is -0.493 e. The summed E-state index contributed by atoms with van der Waals surface area (Å²) in [5.74, 6) is -0.333. The minimum absolute atomic E-state index is 0.101. The van der Waals surface area contributed by atoms with Crippen molar-refractivity contribution >= 4 is 11.8 Å². The summed E-state index contributed by atoms with van der Waals surface area (Å²) in [5.41, 5.74) is 5.92. The highest BCUT2D eigenvalue weighted by molar-refractivity contribution is 6.01. The molecule has 1 rings (SSSR count). The third kappa shape index (κ3) is 3.30. The highest BCUT2D eigenvalue weighted by Gasteiger charge is 2.16. The van der Waals surface area contributed by atoms with E-state index in [2.05, 4.69) is 0 Å². The standard InChI is InChI=1S/C13H17NO4/c1-3-17-12-6-5-9(11(15)8-14)7-10(12)13(16)18-4-2/h5-7H,3-4,8,14H2,1-2H3. The molecular formula is C13H17NO4. The van der Waals surface area contributed by atoms with E-state index in [9.17, 15) is 9.59 Å². The van der Waals surface area contributed by atoms with Gasteiger partial charge in [-0.25, -0.2) is 4.79 Å². The van der Waals surface area contributed by atoms with Gasteiger partial charge < -0.3 is 15.2 Å². The van der Waals surface area contributed by atoms with Crippen LogP contribution in [0.1, 0.15) is 34.6 Å². The van der Waals surface area contributed by atoms with Crippen molar-refractivity contribution in [3.63, 3.8) is 0 Å². The summed E-state index contributed by atoms with van der Waals surface area (Å²) in [5, 5.41) is 0. The average Bonchev–Trinajstić information content (AvgIpc) is 2.39. The Morgan fingerprint density at radius 1 is 1.22 bits per heavy atom. The fraction of sp³-hybridized carbons (Fsp3) is 0.385. The molecule has 0 bridgehead atoms. The van der Waals surface area contributed by atoms with Gasteiger partial charge in [0.05, 0.1) is 19.8 Å². The summed E-state index contributed by atoms with van der Waals surface area (Å²) in [6, 6.07) is 4.62. The summed E-state index contributed by atoms with van der Waals surface area (Å²) in [4.78, 5) is 23.3. The van der Waals surface area contributed by atoms with Gasteiger partial charge in [-0.3, -0.25) is 4.79 Å². The molecule has 0 aliphatic rings. The Kier molecular flexibility index (Phi) is 5.32. The Morgan fingerprint density at radius 3 is 2.50 bits per heavy atom. The molecule has 0 aliphatic carbocycles. The van der Waals surface area contributed by atoms with Crippen molar-refractivity contribution in [2.24, 2.45) is 5.73 Å². The van der Waals surface area contributed by atoms with Gasteiger partial charge in [0.25, 0.3) is 0 Å². The van der Waals surface area contributed by atoms with Crippen LogP contribution in [0.25, 0.3) is 0 Å². The first-order chi connectivity index (χ1) is 8.63. The van der Waals surface area contributed by atoms with Crippen molar-refractivity contribution in [3.05, 3.63) is 29.3 Å². The topological polar surface area (TPSA) is 78.6 Å². The van der Waals surface area contributed by atoms with Gasteiger partial charge in [-0.15, -0.1) is 0 Å². The molecule has 0 saturated carbocycles. The van der Waals surface area contributed by atoms with Gasteiger partial charge in [0.2, 0.25) is 0 Å². The normalized spacial score (nSPS) is 9.94. The Labute approximate surface area is 106 Å². The quantitative estimate of drug-likeness (QED) is 0.610. The summed E-state index contributed by atoms with van der Waals surface area (Å²) < 4.78 is 10.3. The molecule has 0 heterocycles. The first-order valence-electron chi connectivity index (χ1n) is 5.81. The lowest BCUT2D eigenvalue weighted by atomic mass is 10.1. The second kappa shape index (κ2) is 6.76. The monoisotopic (exact) mass is 251 g/mol. The van der Waals surface area contributed by atoms with Crippen LogP contribution in [0.15, 0.2) is 18.2 Å². The van der Waals surface area contributed by atoms with Crippen LogP contribution in [0.5, 0.6) is 5.75 Å². The summed E-state index contributed by atoms with van der Waals surface area (Å²) >= 11 is 0. The minimum atomic E-state index is -0.507. The lowest BCUT2D eigenvalue weighted by Crippen LogP contribution is -2.15. The number of rotatable bonds is 6. The maximum Gasteiger partial charge on any atom is 0.341 e. The number of carbonyl (C=O) groups excluding carboxylic acids is 2. The number of Topliss-reactive ketones (excluding diaryl/α,β-unsaturated/α-hetero) is 1. The lowest BCUT2D eigenvalue weighted by molar-refractivity contribution is 0.0522. The fourth-order valence-electron chi connectivity index (χ4n) is 1.47. The Morgan fingerprint density at radius 2 is 1.94 bits per heavy atom. The van der Waals surface area contributed by atoms with E-state index < -0.39 is 5.97 Å². The number of ether oxygens (including phenoxy) is 2. The van der Waals surface area contributed by atoms with Crippen LogP contribution in [0.3, 0.4) is 0 Å². The second-order valence-corrected chi connectivity index (χ2v) is 3.49. The van der Waals surface area contributed by atoms with E-state index in [1.807, 2.05) is 6.92 Å². The van der Waals surface area contributed by atoms with E-state index in [4.69, 9.17) is 15.2 Å². The molecule has 0 aliphatic heterocycles. The molecule has 5 nitrogen and oxygen atoms in total. The van der Waals surface area contributed by atoms with Crippen LogP contribution in [0, 0.1) is 0 Å². The fourth-order valence-corrected chi connectivity index (χ4v) is 1.47. The number of hydrogen-bond acceptors (Lipinski definition) is 5. The molecule has 0 unspecified atom stereocenters. The number of carbonyl (C=O) groups is 2. The van der Waals surface area contributed by atoms with E-state index in [0.717, 1.165) is 0 Å². The number of ketones is 1. The van der Waals surface area contributed by atoms with E-state index in [1.165, 1.54) is 6.07 Å².